The molecule has 8 heteroatoms. The fraction of sp³-hybridized carbons (Fsp3) is 0.0172. The van der Waals surface area contributed by atoms with Crippen molar-refractivity contribution in [3.05, 3.63) is 469 Å². The third-order valence-electron chi connectivity index (χ3n) is 25.9. The Morgan fingerprint density at radius 1 is 0.194 bits per heavy atom. The zero-order chi connectivity index (χ0) is 81.6. The largest absolute Gasteiger partial charge is 0.247 e. The van der Waals surface area contributed by atoms with E-state index in [-0.39, 0.29) is 0 Å². The maximum Gasteiger partial charge on any atom is 0.160 e. The van der Waals surface area contributed by atoms with Crippen molar-refractivity contribution in [3.63, 3.8) is 0 Å². The lowest BCUT2D eigenvalue weighted by atomic mass is 9.67. The van der Waals surface area contributed by atoms with E-state index in [1.54, 1.807) is 0 Å². The second-order valence-electron chi connectivity index (χ2n) is 32.5. The van der Waals surface area contributed by atoms with Crippen LogP contribution >= 0.6 is 23.5 Å². The highest BCUT2D eigenvalue weighted by Gasteiger charge is 2.52. The van der Waals surface area contributed by atoms with E-state index in [4.69, 9.17) is 29.9 Å². The normalized spacial score (nSPS) is 13.2. The molecule has 2 aliphatic carbocycles. The molecule has 0 saturated carbocycles. The van der Waals surface area contributed by atoms with Gasteiger partial charge in [0.2, 0.25) is 0 Å². The molecule has 0 bridgehead atoms. The Bertz CT molecular complexity index is 8030. The summed E-state index contributed by atoms with van der Waals surface area (Å²) in [6.07, 6.45) is 0. The molecule has 124 heavy (non-hydrogen) atoms. The van der Waals surface area contributed by atoms with Crippen LogP contribution in [0.5, 0.6) is 0 Å². The molecule has 7 heterocycles. The van der Waals surface area contributed by atoms with Crippen LogP contribution in [0.4, 0.5) is 0 Å². The smallest absolute Gasteiger partial charge is 0.160 e. The first kappa shape index (κ1) is 71.6. The predicted molar refractivity (Wildman–Crippen MR) is 511 cm³/mol. The molecule has 0 fully saturated rings. The van der Waals surface area contributed by atoms with Crippen LogP contribution in [0.1, 0.15) is 44.5 Å². The lowest BCUT2D eigenvalue weighted by molar-refractivity contribution is 0.726. The SMILES string of the molecule is c1ccc(-c2cc(-c3ccc(-c4ccc5c(c4)nc(-c4ccccc4)c4c6c(ccc45)C4(c5ccccc5S6)c5ccccc5-c5ccccc54)cc3)nc(-c3ccccc3)n2)cc1.c1ccc(-c2ccc3ccc4ccc(-c5cccc(-c6nc7ccccc7c7ccc8c(c67)Sc6ccccc6C86c7ccccc7-c7ccccc76)c5)nc4c3n2)cc1. The highest BCUT2D eigenvalue weighted by atomic mass is 32.2. The van der Waals surface area contributed by atoms with Gasteiger partial charge in [-0.3, -0.25) is 0 Å². The maximum absolute atomic E-state index is 5.64. The zero-order valence-corrected chi connectivity index (χ0v) is 68.5. The summed E-state index contributed by atoms with van der Waals surface area (Å²) in [6.45, 7) is 0. The van der Waals surface area contributed by atoms with E-state index in [2.05, 4.69) is 382 Å². The molecular weight excluding hydrogens is 1540 g/mol. The highest BCUT2D eigenvalue weighted by Crippen LogP contribution is 2.66. The van der Waals surface area contributed by atoms with Gasteiger partial charge in [0.25, 0.3) is 0 Å². The lowest BCUT2D eigenvalue weighted by Gasteiger charge is -2.40. The van der Waals surface area contributed by atoms with Gasteiger partial charge in [0.1, 0.15) is 0 Å². The first-order valence-electron chi connectivity index (χ1n) is 42.2. The quantitative estimate of drug-likeness (QED) is 0.139. The molecule has 0 saturated heterocycles. The summed E-state index contributed by atoms with van der Waals surface area (Å²) in [6, 6.07) is 153. The first-order chi connectivity index (χ1) is 61.5. The minimum atomic E-state index is -0.477. The van der Waals surface area contributed by atoms with E-state index in [9.17, 15) is 0 Å². The Labute approximate surface area is 725 Å². The summed E-state index contributed by atoms with van der Waals surface area (Å²) in [5, 5.41) is 9.22. The van der Waals surface area contributed by atoms with Gasteiger partial charge in [0.05, 0.1) is 67.1 Å². The fourth-order valence-electron chi connectivity index (χ4n) is 20.4. The molecule has 5 aromatic heterocycles. The molecular formula is C116H70N6S2. The highest BCUT2D eigenvalue weighted by molar-refractivity contribution is 8.00. The number of benzene rings is 17. The third-order valence-corrected chi connectivity index (χ3v) is 28.3. The minimum Gasteiger partial charge on any atom is -0.247 e. The predicted octanol–water partition coefficient (Wildman–Crippen LogP) is 29.7. The molecule has 4 aliphatic rings. The zero-order valence-electron chi connectivity index (χ0n) is 66.9. The van der Waals surface area contributed by atoms with Crippen LogP contribution in [0.25, 0.3) is 177 Å². The molecule has 17 aromatic carbocycles. The number of para-hydroxylation sites is 1. The van der Waals surface area contributed by atoms with E-state index in [0.717, 1.165) is 128 Å². The molecule has 0 atom stereocenters. The molecule has 0 amide bonds. The van der Waals surface area contributed by atoms with Crippen molar-refractivity contribution in [2.75, 3.05) is 0 Å². The second-order valence-corrected chi connectivity index (χ2v) is 34.6. The molecule has 26 rings (SSSR count). The molecule has 6 nitrogen and oxygen atoms in total. The number of rotatable bonds is 8. The summed E-state index contributed by atoms with van der Waals surface area (Å²) in [7, 11) is 0. The van der Waals surface area contributed by atoms with E-state index in [0.29, 0.717) is 5.82 Å². The van der Waals surface area contributed by atoms with E-state index < -0.39 is 10.8 Å². The van der Waals surface area contributed by atoms with Gasteiger partial charge >= 0.3 is 0 Å². The lowest BCUT2D eigenvalue weighted by Crippen LogP contribution is -2.32. The number of fused-ring (bicyclic) bond motifs is 29. The molecule has 576 valence electrons. The third kappa shape index (κ3) is 11.1. The van der Waals surface area contributed by atoms with Crippen molar-refractivity contribution in [2.24, 2.45) is 0 Å². The minimum absolute atomic E-state index is 0.463. The van der Waals surface area contributed by atoms with Crippen LogP contribution in [-0.4, -0.2) is 29.9 Å². The molecule has 0 N–H and O–H groups in total. The van der Waals surface area contributed by atoms with E-state index in [1.165, 1.54) is 108 Å². The number of aromatic nitrogens is 6. The van der Waals surface area contributed by atoms with Gasteiger partial charge in [-0.25, -0.2) is 29.9 Å². The Morgan fingerprint density at radius 2 is 0.565 bits per heavy atom. The van der Waals surface area contributed by atoms with Crippen LogP contribution in [0.15, 0.2) is 444 Å². The molecule has 22 aromatic rings. The molecule has 2 spiro atoms. The number of hydrogen-bond acceptors (Lipinski definition) is 8. The Morgan fingerprint density at radius 3 is 1.10 bits per heavy atom. The number of hydrogen-bond donors (Lipinski definition) is 0. The summed E-state index contributed by atoms with van der Waals surface area (Å²) >= 11 is 3.77. The Balaban J connectivity index is 0.000000136. The van der Waals surface area contributed by atoms with Gasteiger partial charge in [-0.1, -0.05) is 400 Å². The van der Waals surface area contributed by atoms with Gasteiger partial charge in [-0.2, -0.15) is 0 Å². The standard InChI is InChI=1S/C60H37N3S.C56H33N3S/c1-4-16-39(17-5-1)52-37-53(63-59(62-52)42-20-8-3-9-21-42)40-30-28-38(29-31-40)43-32-33-46-47-34-35-51-58(56(47)57(61-54(46)36-43)41-18-6-2-7-19-41)64-55-27-15-14-26-50(55)60(51)48-24-12-10-22-44(48)45-23-11-13-25-49(45)60;1-2-13-34(14-3-1)47-31-27-35-25-26-36-28-32-48(58-54(36)53(35)57-47)37-15-12-16-38(33-37)52-51-42(41-19-6-10-23-49(41)59-52)29-30-46-55(51)60-50-24-11-9-22-45(50)56(46)43-20-7-4-17-39(43)40-18-5-8-21-44(40)56/h1-37H;1-33H. The average molecular weight is 1610 g/mol. The van der Waals surface area contributed by atoms with Crippen molar-refractivity contribution >= 4 is 88.7 Å². The Hall–Kier alpha value is -15.3. The monoisotopic (exact) mass is 1610 g/mol. The fourth-order valence-corrected chi connectivity index (χ4v) is 23.1. The number of pyridine rings is 4. The van der Waals surface area contributed by atoms with Crippen LogP contribution in [0.3, 0.4) is 0 Å². The van der Waals surface area contributed by atoms with Crippen LogP contribution < -0.4 is 0 Å². The summed E-state index contributed by atoms with van der Waals surface area (Å²) < 4.78 is 0. The average Bonchev–Trinajstić information content (AvgIpc) is 1.47. The first-order valence-corrected chi connectivity index (χ1v) is 43.8. The van der Waals surface area contributed by atoms with Crippen molar-refractivity contribution in [1.82, 2.24) is 29.9 Å². The topological polar surface area (TPSA) is 77.3 Å². The van der Waals surface area contributed by atoms with Crippen LogP contribution in [-0.2, 0) is 10.8 Å². The van der Waals surface area contributed by atoms with Crippen molar-refractivity contribution < 1.29 is 0 Å². The molecule has 0 unspecified atom stereocenters. The van der Waals surface area contributed by atoms with Crippen molar-refractivity contribution in [1.29, 1.82) is 0 Å². The Kier molecular flexibility index (Phi) is 16.6. The second kappa shape index (κ2) is 28.7. The molecule has 2 aliphatic heterocycles. The maximum atomic E-state index is 5.64. The van der Waals surface area contributed by atoms with Crippen LogP contribution in [0, 0.1) is 0 Å². The van der Waals surface area contributed by atoms with Gasteiger partial charge in [0, 0.05) is 90.8 Å². The van der Waals surface area contributed by atoms with Gasteiger partial charge in [-0.15, -0.1) is 0 Å². The van der Waals surface area contributed by atoms with Crippen molar-refractivity contribution in [3.8, 4) is 112 Å². The van der Waals surface area contributed by atoms with E-state index in [1.807, 2.05) is 66.0 Å². The van der Waals surface area contributed by atoms with Gasteiger partial charge < -0.3 is 0 Å². The molecule has 0 radical (unpaired) electrons. The summed E-state index contributed by atoms with van der Waals surface area (Å²) in [4.78, 5) is 36.9. The van der Waals surface area contributed by atoms with Crippen LogP contribution in [0.2, 0.25) is 0 Å². The number of nitrogens with zero attached hydrogens (tertiary/aromatic N) is 6. The van der Waals surface area contributed by atoms with Gasteiger partial charge in [-0.05, 0) is 137 Å². The van der Waals surface area contributed by atoms with Gasteiger partial charge in [0.15, 0.2) is 5.82 Å². The van der Waals surface area contributed by atoms with E-state index >= 15 is 0 Å². The summed E-state index contributed by atoms with van der Waals surface area (Å²) in [5.74, 6) is 0.708. The summed E-state index contributed by atoms with van der Waals surface area (Å²) in [5.41, 5.74) is 33.8. The van der Waals surface area contributed by atoms with Crippen molar-refractivity contribution in [2.45, 2.75) is 30.4 Å².